The van der Waals surface area contributed by atoms with E-state index >= 15 is 0 Å². The second-order valence-electron chi connectivity index (χ2n) is 4.54. The first-order chi connectivity index (χ1) is 4.69. The topological polar surface area (TPSA) is 38.4 Å². The van der Waals surface area contributed by atoms with Crippen LogP contribution < -0.4 is 5.73 Å². The molecule has 0 aromatic heterocycles. The molecule has 0 spiro atoms. The zero-order chi connectivity index (χ0) is 9.28. The lowest BCUT2D eigenvalue weighted by Crippen LogP contribution is -2.47. The van der Waals surface area contributed by atoms with Crippen LogP contribution in [0.15, 0.2) is 4.99 Å². The molecule has 0 saturated carbocycles. The predicted octanol–water partition coefficient (Wildman–Crippen LogP) is 1.84. The largest absolute Gasteiger partial charge is 0.321 e. The Morgan fingerprint density at radius 2 is 1.45 bits per heavy atom. The van der Waals surface area contributed by atoms with E-state index in [0.717, 1.165) is 5.71 Å². The summed E-state index contributed by atoms with van der Waals surface area (Å²) in [5.41, 5.74) is 6.78. The van der Waals surface area contributed by atoms with Crippen molar-refractivity contribution < 1.29 is 0 Å². The molecular formula is C9H20N2. The number of nitrogens with two attached hydrogens (primary N) is 1. The van der Waals surface area contributed by atoms with E-state index in [4.69, 9.17) is 5.73 Å². The van der Waals surface area contributed by atoms with E-state index in [9.17, 15) is 0 Å². The number of hydrogen-bond donors (Lipinski definition) is 1. The van der Waals surface area contributed by atoms with Crippen molar-refractivity contribution in [3.8, 4) is 0 Å². The fourth-order valence-electron chi connectivity index (χ4n) is 1.59. The Hall–Kier alpha value is -0.370. The van der Waals surface area contributed by atoms with Gasteiger partial charge in [0.25, 0.3) is 0 Å². The molecule has 2 nitrogen and oxygen atoms in total. The lowest BCUT2D eigenvalue weighted by atomic mass is 9.80. The van der Waals surface area contributed by atoms with Crippen LogP contribution in [0, 0.1) is 5.41 Å². The van der Waals surface area contributed by atoms with Gasteiger partial charge in [0.15, 0.2) is 0 Å². The third-order valence-electron chi connectivity index (χ3n) is 1.54. The predicted molar refractivity (Wildman–Crippen MR) is 51.1 cm³/mol. The van der Waals surface area contributed by atoms with E-state index in [-0.39, 0.29) is 11.0 Å². The van der Waals surface area contributed by atoms with E-state index in [1.54, 1.807) is 7.05 Å². The molecule has 0 bridgehead atoms. The fraction of sp³-hybridized carbons (Fsp3) is 0.889. The van der Waals surface area contributed by atoms with Crippen LogP contribution in [0.2, 0.25) is 0 Å². The van der Waals surface area contributed by atoms with Gasteiger partial charge in [0, 0.05) is 23.7 Å². The molecule has 0 rings (SSSR count). The summed E-state index contributed by atoms with van der Waals surface area (Å²) in [6, 6.07) is 0. The first-order valence-corrected chi connectivity index (χ1v) is 3.96. The molecule has 0 atom stereocenters. The lowest BCUT2D eigenvalue weighted by molar-refractivity contribution is 0.525. The molecule has 0 saturated heterocycles. The van der Waals surface area contributed by atoms with E-state index in [1.807, 2.05) is 13.8 Å². The molecule has 0 aliphatic heterocycles. The van der Waals surface area contributed by atoms with Gasteiger partial charge in [-0.1, -0.05) is 20.8 Å². The Kier molecular flexibility index (Phi) is 2.84. The van der Waals surface area contributed by atoms with Crippen LogP contribution in [0.5, 0.6) is 0 Å². The first kappa shape index (κ1) is 10.6. The number of rotatable bonds is 1. The number of nitrogens with zero attached hydrogens (tertiary/aromatic N) is 1. The second kappa shape index (κ2) is 2.94. The highest BCUT2D eigenvalue weighted by Gasteiger charge is 2.29. The fourth-order valence-corrected chi connectivity index (χ4v) is 1.59. The molecule has 2 heteroatoms. The van der Waals surface area contributed by atoms with Gasteiger partial charge in [0.2, 0.25) is 0 Å². The van der Waals surface area contributed by atoms with Crippen molar-refractivity contribution in [2.45, 2.75) is 40.2 Å². The van der Waals surface area contributed by atoms with Gasteiger partial charge in [0.05, 0.1) is 0 Å². The summed E-state index contributed by atoms with van der Waals surface area (Å²) >= 11 is 0. The molecule has 2 N–H and O–H groups in total. The van der Waals surface area contributed by atoms with Crippen LogP contribution >= 0.6 is 0 Å². The third-order valence-corrected chi connectivity index (χ3v) is 1.54. The standard InChI is InChI=1S/C9H20N2/c1-8(2,3)7(11-6)9(4,5)10/h10H2,1-6H3. The average molecular weight is 156 g/mol. The molecule has 66 valence electrons. The average Bonchev–Trinajstić information content (AvgIpc) is 1.56. The Balaban J connectivity index is 4.74. The summed E-state index contributed by atoms with van der Waals surface area (Å²) in [6.45, 7) is 10.4. The zero-order valence-corrected chi connectivity index (χ0v) is 8.52. The maximum Gasteiger partial charge on any atom is 0.0487 e. The smallest absolute Gasteiger partial charge is 0.0487 e. The maximum atomic E-state index is 5.95. The Morgan fingerprint density at radius 1 is 1.09 bits per heavy atom. The van der Waals surface area contributed by atoms with Crippen molar-refractivity contribution in [1.82, 2.24) is 0 Å². The van der Waals surface area contributed by atoms with E-state index in [2.05, 4.69) is 25.8 Å². The van der Waals surface area contributed by atoms with Crippen LogP contribution in [0.3, 0.4) is 0 Å². The van der Waals surface area contributed by atoms with Gasteiger partial charge >= 0.3 is 0 Å². The monoisotopic (exact) mass is 156 g/mol. The van der Waals surface area contributed by atoms with Crippen molar-refractivity contribution in [2.75, 3.05) is 7.05 Å². The second-order valence-corrected chi connectivity index (χ2v) is 4.54. The van der Waals surface area contributed by atoms with Gasteiger partial charge in [-0.25, -0.2) is 0 Å². The normalized spacial score (nSPS) is 15.4. The van der Waals surface area contributed by atoms with Gasteiger partial charge in [-0.3, -0.25) is 4.99 Å². The number of aliphatic imine (C=N–C) groups is 1. The lowest BCUT2D eigenvalue weighted by Gasteiger charge is -2.31. The minimum absolute atomic E-state index is 0.0764. The molecule has 0 heterocycles. The van der Waals surface area contributed by atoms with Crippen molar-refractivity contribution in [3.05, 3.63) is 0 Å². The number of hydrogen-bond acceptors (Lipinski definition) is 2. The molecule has 0 fully saturated rings. The van der Waals surface area contributed by atoms with Crippen LogP contribution in [0.25, 0.3) is 0 Å². The van der Waals surface area contributed by atoms with Crippen molar-refractivity contribution in [3.63, 3.8) is 0 Å². The van der Waals surface area contributed by atoms with Gasteiger partial charge in [-0.2, -0.15) is 0 Å². The minimum atomic E-state index is -0.299. The van der Waals surface area contributed by atoms with Crippen LogP contribution in [-0.2, 0) is 0 Å². The van der Waals surface area contributed by atoms with Crippen LogP contribution in [0.4, 0.5) is 0 Å². The van der Waals surface area contributed by atoms with Crippen molar-refractivity contribution in [2.24, 2.45) is 16.1 Å². The van der Waals surface area contributed by atoms with Crippen LogP contribution in [-0.4, -0.2) is 18.3 Å². The molecule has 0 amide bonds. The van der Waals surface area contributed by atoms with Gasteiger partial charge in [-0.05, 0) is 13.8 Å². The quantitative estimate of drug-likeness (QED) is 0.578. The van der Waals surface area contributed by atoms with Crippen molar-refractivity contribution >= 4 is 5.71 Å². The summed E-state index contributed by atoms with van der Waals surface area (Å²) in [6.07, 6.45) is 0. The molecule has 0 aliphatic rings. The summed E-state index contributed by atoms with van der Waals surface area (Å²) in [4.78, 5) is 4.22. The van der Waals surface area contributed by atoms with E-state index in [0.29, 0.717) is 0 Å². The summed E-state index contributed by atoms with van der Waals surface area (Å²) < 4.78 is 0. The highest BCUT2D eigenvalue weighted by molar-refractivity contribution is 5.96. The molecule has 0 aliphatic carbocycles. The molecule has 0 aromatic carbocycles. The molecule has 0 radical (unpaired) electrons. The summed E-state index contributed by atoms with van der Waals surface area (Å²) in [5, 5.41) is 0. The van der Waals surface area contributed by atoms with E-state index in [1.165, 1.54) is 0 Å². The third kappa shape index (κ3) is 3.02. The SMILES string of the molecule is CN=C(C(C)(C)C)C(C)(C)N. The first-order valence-electron chi connectivity index (χ1n) is 3.96. The molecule has 11 heavy (non-hydrogen) atoms. The highest BCUT2D eigenvalue weighted by atomic mass is 14.8. The summed E-state index contributed by atoms with van der Waals surface area (Å²) in [7, 11) is 1.80. The van der Waals surface area contributed by atoms with Gasteiger partial charge in [-0.15, -0.1) is 0 Å². The summed E-state index contributed by atoms with van der Waals surface area (Å²) in [5.74, 6) is 0. The zero-order valence-electron chi connectivity index (χ0n) is 8.52. The van der Waals surface area contributed by atoms with Crippen molar-refractivity contribution in [1.29, 1.82) is 0 Å². The minimum Gasteiger partial charge on any atom is -0.321 e. The Morgan fingerprint density at radius 3 is 1.45 bits per heavy atom. The Labute approximate surface area is 69.9 Å². The van der Waals surface area contributed by atoms with E-state index < -0.39 is 0 Å². The molecule has 0 unspecified atom stereocenters. The molecule has 0 aromatic rings. The van der Waals surface area contributed by atoms with Crippen LogP contribution in [0.1, 0.15) is 34.6 Å². The van der Waals surface area contributed by atoms with Gasteiger partial charge < -0.3 is 5.73 Å². The molecular weight excluding hydrogens is 136 g/mol. The highest BCUT2D eigenvalue weighted by Crippen LogP contribution is 2.22. The Bertz CT molecular complexity index is 139. The maximum absolute atomic E-state index is 5.95. The van der Waals surface area contributed by atoms with Gasteiger partial charge in [0.1, 0.15) is 0 Å².